The van der Waals surface area contributed by atoms with Crippen molar-refractivity contribution in [3.63, 3.8) is 0 Å². The number of hydrogen-bond donors (Lipinski definition) is 0. The van der Waals surface area contributed by atoms with Crippen LogP contribution in [0.25, 0.3) is 0 Å². The number of fused-ring (bicyclic) bond motifs is 5. The molecule has 8 atom stereocenters. The molecule has 0 bridgehead atoms. The van der Waals surface area contributed by atoms with Crippen LogP contribution in [0.2, 0.25) is 0 Å². The van der Waals surface area contributed by atoms with E-state index in [9.17, 15) is 4.79 Å². The van der Waals surface area contributed by atoms with Crippen LogP contribution in [0, 0.1) is 46.3 Å². The number of carbonyl (C=O) groups is 1. The summed E-state index contributed by atoms with van der Waals surface area (Å²) in [6.07, 6.45) is 16.3. The molecule has 30 heavy (non-hydrogen) atoms. The van der Waals surface area contributed by atoms with E-state index in [2.05, 4.69) is 20.8 Å². The van der Waals surface area contributed by atoms with Crippen molar-refractivity contribution in [2.75, 3.05) is 0 Å². The van der Waals surface area contributed by atoms with E-state index in [1.165, 1.54) is 64.2 Å². The Kier molecular flexibility index (Phi) is 6.12. The molecule has 0 aromatic rings. The Balaban J connectivity index is 1.42. The lowest BCUT2D eigenvalue weighted by molar-refractivity contribution is -0.155. The fourth-order valence-electron chi connectivity index (χ4n) is 9.21. The van der Waals surface area contributed by atoms with Gasteiger partial charge in [0.05, 0.1) is 0 Å². The van der Waals surface area contributed by atoms with Crippen molar-refractivity contribution in [1.82, 2.24) is 0 Å². The van der Waals surface area contributed by atoms with Gasteiger partial charge in [0.25, 0.3) is 0 Å². The Morgan fingerprint density at radius 2 is 1.67 bits per heavy atom. The fraction of sp³-hybridized carbons (Fsp3) is 0.964. The quantitative estimate of drug-likeness (QED) is 0.437. The van der Waals surface area contributed by atoms with Crippen LogP contribution in [0.5, 0.6) is 0 Å². The highest BCUT2D eigenvalue weighted by Crippen LogP contribution is 2.68. The summed E-state index contributed by atoms with van der Waals surface area (Å²) in [6, 6.07) is 0. The molecule has 0 saturated heterocycles. The molecule has 4 saturated carbocycles. The molecule has 0 heterocycles. The van der Waals surface area contributed by atoms with Gasteiger partial charge in [0.15, 0.2) is 0 Å². The minimum atomic E-state index is -0.364. The van der Waals surface area contributed by atoms with Crippen molar-refractivity contribution in [1.29, 1.82) is 0 Å². The predicted molar refractivity (Wildman–Crippen MR) is 124 cm³/mol. The molecular formula is C28H48O2. The van der Waals surface area contributed by atoms with Crippen LogP contribution in [-0.2, 0) is 9.53 Å². The van der Waals surface area contributed by atoms with Crippen LogP contribution in [0.15, 0.2) is 0 Å². The standard InChI is InChI=1S/C28H48O2/c1-19(10-15-25(29)30-26(2,3)4)22-13-14-23-21-12-11-20-9-7-8-17-27(20,5)24(21)16-18-28(22,23)6/h19-24H,7-18H2,1-6H3/t19-,20?,21+,22-,23+,24+,27+,28-/m1/s1. The van der Waals surface area contributed by atoms with Crippen LogP contribution >= 0.6 is 0 Å². The molecule has 0 aromatic heterocycles. The van der Waals surface area contributed by atoms with E-state index < -0.39 is 0 Å². The van der Waals surface area contributed by atoms with Gasteiger partial charge >= 0.3 is 5.97 Å². The molecule has 4 aliphatic rings. The zero-order valence-electron chi connectivity index (χ0n) is 20.8. The summed E-state index contributed by atoms with van der Waals surface area (Å²) < 4.78 is 5.58. The normalized spacial score (nSPS) is 44.5. The molecule has 0 aliphatic heterocycles. The topological polar surface area (TPSA) is 26.3 Å². The van der Waals surface area contributed by atoms with Crippen LogP contribution in [0.1, 0.15) is 119 Å². The smallest absolute Gasteiger partial charge is 0.306 e. The molecule has 0 aromatic carbocycles. The Bertz CT molecular complexity index is 633. The third kappa shape index (κ3) is 3.99. The third-order valence-electron chi connectivity index (χ3n) is 10.6. The van der Waals surface area contributed by atoms with Gasteiger partial charge in [-0.2, -0.15) is 0 Å². The zero-order chi connectivity index (χ0) is 21.7. The molecule has 0 amide bonds. The van der Waals surface area contributed by atoms with Gasteiger partial charge in [0.1, 0.15) is 5.60 Å². The van der Waals surface area contributed by atoms with Crippen LogP contribution in [0.3, 0.4) is 0 Å². The van der Waals surface area contributed by atoms with E-state index in [-0.39, 0.29) is 11.6 Å². The number of ether oxygens (including phenoxy) is 1. The first kappa shape index (κ1) is 22.7. The van der Waals surface area contributed by atoms with Crippen molar-refractivity contribution in [2.24, 2.45) is 46.3 Å². The highest BCUT2D eigenvalue weighted by molar-refractivity contribution is 5.69. The van der Waals surface area contributed by atoms with Crippen molar-refractivity contribution in [3.05, 3.63) is 0 Å². The van der Waals surface area contributed by atoms with Crippen LogP contribution < -0.4 is 0 Å². The summed E-state index contributed by atoms with van der Waals surface area (Å²) in [5.41, 5.74) is 0.784. The Morgan fingerprint density at radius 3 is 2.40 bits per heavy atom. The molecular weight excluding hydrogens is 368 g/mol. The first-order valence-corrected chi connectivity index (χ1v) is 13.3. The number of rotatable bonds is 4. The summed E-state index contributed by atoms with van der Waals surface area (Å²) in [7, 11) is 0. The largest absolute Gasteiger partial charge is 0.460 e. The minimum Gasteiger partial charge on any atom is -0.460 e. The first-order chi connectivity index (χ1) is 14.0. The third-order valence-corrected chi connectivity index (χ3v) is 10.6. The summed E-state index contributed by atoms with van der Waals surface area (Å²) in [4.78, 5) is 12.3. The average molecular weight is 417 g/mol. The highest BCUT2D eigenvalue weighted by atomic mass is 16.6. The zero-order valence-corrected chi connectivity index (χ0v) is 20.8. The second-order valence-electron chi connectivity index (χ2n) is 13.2. The second kappa shape index (κ2) is 8.11. The van der Waals surface area contributed by atoms with E-state index in [4.69, 9.17) is 4.74 Å². The Labute approximate surface area is 186 Å². The Morgan fingerprint density at radius 1 is 0.933 bits per heavy atom. The van der Waals surface area contributed by atoms with Crippen molar-refractivity contribution < 1.29 is 9.53 Å². The van der Waals surface area contributed by atoms with Gasteiger partial charge in [-0.25, -0.2) is 0 Å². The second-order valence-corrected chi connectivity index (χ2v) is 13.2. The predicted octanol–water partition coefficient (Wildman–Crippen LogP) is 7.79. The minimum absolute atomic E-state index is 0.0127. The van der Waals surface area contributed by atoms with Crippen LogP contribution in [-0.4, -0.2) is 11.6 Å². The molecule has 2 nitrogen and oxygen atoms in total. The van der Waals surface area contributed by atoms with E-state index >= 15 is 0 Å². The molecule has 1 unspecified atom stereocenters. The van der Waals surface area contributed by atoms with E-state index in [1.54, 1.807) is 0 Å². The first-order valence-electron chi connectivity index (χ1n) is 13.3. The lowest BCUT2D eigenvalue weighted by atomic mass is 9.44. The average Bonchev–Trinajstić information content (AvgIpc) is 3.01. The lowest BCUT2D eigenvalue weighted by Gasteiger charge is -2.61. The molecule has 0 spiro atoms. The molecule has 4 aliphatic carbocycles. The van der Waals surface area contributed by atoms with Gasteiger partial charge in [-0.1, -0.05) is 33.6 Å². The van der Waals surface area contributed by atoms with Gasteiger partial charge in [-0.15, -0.1) is 0 Å². The van der Waals surface area contributed by atoms with E-state index in [1.807, 2.05) is 20.8 Å². The number of carbonyl (C=O) groups excluding carboxylic acids is 1. The highest BCUT2D eigenvalue weighted by Gasteiger charge is 2.60. The van der Waals surface area contributed by atoms with Gasteiger partial charge in [0, 0.05) is 6.42 Å². The summed E-state index contributed by atoms with van der Waals surface area (Å²) in [6.45, 7) is 13.7. The fourth-order valence-corrected chi connectivity index (χ4v) is 9.21. The summed E-state index contributed by atoms with van der Waals surface area (Å²) >= 11 is 0. The van der Waals surface area contributed by atoms with Gasteiger partial charge in [-0.3, -0.25) is 4.79 Å². The van der Waals surface area contributed by atoms with Crippen molar-refractivity contribution >= 4 is 5.97 Å². The van der Waals surface area contributed by atoms with E-state index in [0.29, 0.717) is 23.2 Å². The van der Waals surface area contributed by atoms with Gasteiger partial charge in [-0.05, 0) is 125 Å². The molecule has 4 fully saturated rings. The number of esters is 1. The van der Waals surface area contributed by atoms with E-state index in [0.717, 1.165) is 36.0 Å². The molecule has 0 radical (unpaired) electrons. The van der Waals surface area contributed by atoms with Crippen LogP contribution in [0.4, 0.5) is 0 Å². The summed E-state index contributed by atoms with van der Waals surface area (Å²) in [5, 5.41) is 0. The summed E-state index contributed by atoms with van der Waals surface area (Å²) in [5.74, 6) is 5.33. The SMILES string of the molecule is C[C@H](CCC(=O)OC(C)(C)C)[C@H]1CC[C@H]2[C@@H]3CCC4CCCC[C@]4(C)[C@H]3CC[C@]12C. The maximum absolute atomic E-state index is 12.3. The molecule has 2 heteroatoms. The molecule has 4 rings (SSSR count). The molecule has 172 valence electrons. The molecule has 0 N–H and O–H groups in total. The van der Waals surface area contributed by atoms with Gasteiger partial charge < -0.3 is 4.74 Å². The maximum atomic E-state index is 12.3. The lowest BCUT2D eigenvalue weighted by Crippen LogP contribution is -2.53. The monoisotopic (exact) mass is 416 g/mol. The number of hydrogen-bond acceptors (Lipinski definition) is 2. The van der Waals surface area contributed by atoms with Gasteiger partial charge in [0.2, 0.25) is 0 Å². The van der Waals surface area contributed by atoms with Crippen molar-refractivity contribution in [2.45, 2.75) is 124 Å². The van der Waals surface area contributed by atoms with Crippen molar-refractivity contribution in [3.8, 4) is 0 Å². The maximum Gasteiger partial charge on any atom is 0.306 e. The Hall–Kier alpha value is -0.530.